The monoisotopic (exact) mass is 439 g/mol. The molecule has 1 atom stereocenters. The van der Waals surface area contributed by atoms with Crippen molar-refractivity contribution in [3.05, 3.63) is 94.6 Å². The molecule has 0 radical (unpaired) electrons. The van der Waals surface area contributed by atoms with Crippen LogP contribution in [0.2, 0.25) is 0 Å². The van der Waals surface area contributed by atoms with E-state index in [-0.39, 0.29) is 29.8 Å². The first-order chi connectivity index (χ1) is 16.1. The molecule has 1 aliphatic rings. The first kappa shape index (κ1) is 20.9. The molecule has 5 rings (SSSR count). The minimum atomic E-state index is -0.669. The second-order valence-electron chi connectivity index (χ2n) is 8.54. The number of nitrogens with zero attached hydrogens (tertiary/aromatic N) is 1. The summed E-state index contributed by atoms with van der Waals surface area (Å²) >= 11 is 0. The Labute approximate surface area is 191 Å². The lowest BCUT2D eigenvalue weighted by atomic mass is 10.0. The second kappa shape index (κ2) is 8.90. The highest BCUT2D eigenvalue weighted by atomic mass is 16.2. The van der Waals surface area contributed by atoms with Crippen molar-refractivity contribution in [3.63, 3.8) is 0 Å². The van der Waals surface area contributed by atoms with Crippen molar-refractivity contribution in [1.29, 1.82) is 0 Å². The van der Waals surface area contributed by atoms with Crippen molar-refractivity contribution in [2.24, 2.45) is 0 Å². The normalized spacial score (nSPS) is 14.2. The summed E-state index contributed by atoms with van der Waals surface area (Å²) in [5.41, 5.74) is 2.31. The maximum Gasteiger partial charge on any atom is 0.243 e. The highest BCUT2D eigenvalue weighted by Gasteiger charge is 2.28. The molecule has 166 valence electrons. The fourth-order valence-electron chi connectivity index (χ4n) is 4.22. The number of aromatic nitrogens is 1. The first-order valence-corrected chi connectivity index (χ1v) is 11.2. The molecule has 1 aromatic heterocycles. The molecular formula is C27H25N3O3. The summed E-state index contributed by atoms with van der Waals surface area (Å²) in [6, 6.07) is 23.8. The van der Waals surface area contributed by atoms with E-state index in [1.165, 1.54) is 0 Å². The van der Waals surface area contributed by atoms with Gasteiger partial charge in [0.1, 0.15) is 12.6 Å². The van der Waals surface area contributed by atoms with E-state index in [9.17, 15) is 14.4 Å². The fourth-order valence-corrected chi connectivity index (χ4v) is 4.22. The SMILES string of the molecule is O=C(Cn1c2ccccc2c(=O)c2ccccc21)NC(Cc1ccccc1)C(=O)NC1CC1. The standard InChI is InChI=1S/C27H25N3O3/c31-25(29-22(27(33)28-19-14-15-19)16-18-8-2-1-3-9-18)17-30-23-12-6-4-10-20(23)26(32)21-11-5-7-13-24(21)30/h1-13,19,22H,14-17H2,(H,28,33)(H,29,31). The molecule has 2 N–H and O–H groups in total. The van der Waals surface area contributed by atoms with E-state index in [1.807, 2.05) is 71.3 Å². The zero-order valence-corrected chi connectivity index (χ0v) is 18.2. The van der Waals surface area contributed by atoms with Gasteiger partial charge in [-0.3, -0.25) is 14.4 Å². The lowest BCUT2D eigenvalue weighted by Crippen LogP contribution is -2.49. The fraction of sp³-hybridized carbons (Fsp3) is 0.222. The highest BCUT2D eigenvalue weighted by Crippen LogP contribution is 2.20. The molecule has 1 unspecified atom stereocenters. The summed E-state index contributed by atoms with van der Waals surface area (Å²) in [4.78, 5) is 39.0. The van der Waals surface area contributed by atoms with Crippen LogP contribution in [0.3, 0.4) is 0 Å². The van der Waals surface area contributed by atoms with Crippen molar-refractivity contribution in [1.82, 2.24) is 15.2 Å². The van der Waals surface area contributed by atoms with E-state index in [2.05, 4.69) is 10.6 Å². The summed E-state index contributed by atoms with van der Waals surface area (Å²) in [6.45, 7) is 0.00328. The zero-order chi connectivity index (χ0) is 22.8. The number of para-hydroxylation sites is 2. The molecule has 6 nitrogen and oxygen atoms in total. The van der Waals surface area contributed by atoms with E-state index in [4.69, 9.17) is 0 Å². The number of hydrogen-bond acceptors (Lipinski definition) is 3. The summed E-state index contributed by atoms with van der Waals surface area (Å²) in [5, 5.41) is 7.08. The summed E-state index contributed by atoms with van der Waals surface area (Å²) in [7, 11) is 0. The topological polar surface area (TPSA) is 80.2 Å². The van der Waals surface area contributed by atoms with Gasteiger partial charge in [0, 0.05) is 23.2 Å². The minimum absolute atomic E-state index is 0.00328. The van der Waals surface area contributed by atoms with E-state index >= 15 is 0 Å². The van der Waals surface area contributed by atoms with Crippen molar-refractivity contribution < 1.29 is 9.59 Å². The van der Waals surface area contributed by atoms with Crippen LogP contribution in [0.25, 0.3) is 21.8 Å². The molecule has 2 amide bonds. The van der Waals surface area contributed by atoms with Gasteiger partial charge in [-0.2, -0.15) is 0 Å². The van der Waals surface area contributed by atoms with E-state index < -0.39 is 6.04 Å². The Morgan fingerprint density at radius 1 is 0.848 bits per heavy atom. The molecule has 3 aromatic carbocycles. The van der Waals surface area contributed by atoms with Crippen LogP contribution in [0.1, 0.15) is 18.4 Å². The average Bonchev–Trinajstić information content (AvgIpc) is 3.66. The van der Waals surface area contributed by atoms with Gasteiger partial charge < -0.3 is 15.2 Å². The summed E-state index contributed by atoms with van der Waals surface area (Å²) in [5.74, 6) is -0.440. The molecule has 0 aliphatic heterocycles. The van der Waals surface area contributed by atoms with Crippen LogP contribution < -0.4 is 16.1 Å². The van der Waals surface area contributed by atoms with E-state index in [0.717, 1.165) is 18.4 Å². The Morgan fingerprint density at radius 3 is 2.03 bits per heavy atom. The van der Waals surface area contributed by atoms with Crippen LogP contribution in [-0.2, 0) is 22.6 Å². The molecule has 1 heterocycles. The summed E-state index contributed by atoms with van der Waals surface area (Å²) < 4.78 is 1.85. The third kappa shape index (κ3) is 4.51. The quantitative estimate of drug-likeness (QED) is 0.434. The Kier molecular flexibility index (Phi) is 5.65. The second-order valence-corrected chi connectivity index (χ2v) is 8.54. The van der Waals surface area contributed by atoms with Crippen molar-refractivity contribution in [2.45, 2.75) is 37.9 Å². The molecule has 33 heavy (non-hydrogen) atoms. The van der Waals surface area contributed by atoms with Crippen molar-refractivity contribution in [3.8, 4) is 0 Å². The molecule has 1 saturated carbocycles. The van der Waals surface area contributed by atoms with Crippen LogP contribution >= 0.6 is 0 Å². The molecule has 1 fully saturated rings. The van der Waals surface area contributed by atoms with Gasteiger partial charge in [-0.05, 0) is 42.7 Å². The Balaban J connectivity index is 1.45. The molecule has 1 aliphatic carbocycles. The number of amides is 2. The maximum absolute atomic E-state index is 13.2. The van der Waals surface area contributed by atoms with Gasteiger partial charge in [0.2, 0.25) is 11.8 Å². The van der Waals surface area contributed by atoms with Gasteiger partial charge in [0.25, 0.3) is 0 Å². The maximum atomic E-state index is 13.2. The van der Waals surface area contributed by atoms with Crippen molar-refractivity contribution in [2.75, 3.05) is 0 Å². The Hall–Kier alpha value is -3.93. The number of fused-ring (bicyclic) bond motifs is 2. The number of benzene rings is 3. The van der Waals surface area contributed by atoms with Gasteiger partial charge in [0.15, 0.2) is 5.43 Å². The van der Waals surface area contributed by atoms with Crippen LogP contribution in [0, 0.1) is 0 Å². The lowest BCUT2D eigenvalue weighted by Gasteiger charge is -2.20. The van der Waals surface area contributed by atoms with Gasteiger partial charge in [0.05, 0.1) is 11.0 Å². The molecular weight excluding hydrogens is 414 g/mol. The van der Waals surface area contributed by atoms with Gasteiger partial charge in [-0.15, -0.1) is 0 Å². The van der Waals surface area contributed by atoms with Crippen molar-refractivity contribution >= 4 is 33.6 Å². The molecule has 6 heteroatoms. The summed E-state index contributed by atoms with van der Waals surface area (Å²) in [6.07, 6.45) is 2.37. The first-order valence-electron chi connectivity index (χ1n) is 11.2. The van der Waals surface area contributed by atoms with E-state index in [0.29, 0.717) is 28.2 Å². The molecule has 4 aromatic rings. The largest absolute Gasteiger partial charge is 0.352 e. The smallest absolute Gasteiger partial charge is 0.243 e. The number of carbonyl (C=O) groups is 2. The zero-order valence-electron chi connectivity index (χ0n) is 18.2. The average molecular weight is 440 g/mol. The number of pyridine rings is 1. The van der Waals surface area contributed by atoms with E-state index in [1.54, 1.807) is 12.1 Å². The van der Waals surface area contributed by atoms with Gasteiger partial charge in [-0.25, -0.2) is 0 Å². The highest BCUT2D eigenvalue weighted by molar-refractivity contribution is 5.95. The molecule has 0 bridgehead atoms. The number of rotatable bonds is 7. The van der Waals surface area contributed by atoms with Crippen LogP contribution in [-0.4, -0.2) is 28.5 Å². The molecule has 0 spiro atoms. The van der Waals surface area contributed by atoms with Crippen LogP contribution in [0.15, 0.2) is 83.7 Å². The Morgan fingerprint density at radius 2 is 1.42 bits per heavy atom. The van der Waals surface area contributed by atoms with Crippen LogP contribution in [0.4, 0.5) is 0 Å². The minimum Gasteiger partial charge on any atom is -0.352 e. The number of hydrogen-bond donors (Lipinski definition) is 2. The third-order valence-electron chi connectivity index (χ3n) is 6.04. The number of nitrogens with one attached hydrogen (secondary N) is 2. The van der Waals surface area contributed by atoms with Gasteiger partial charge in [-0.1, -0.05) is 54.6 Å². The Bertz CT molecular complexity index is 1330. The lowest BCUT2D eigenvalue weighted by molar-refractivity contribution is -0.129. The third-order valence-corrected chi connectivity index (χ3v) is 6.04. The predicted octanol–water partition coefficient (Wildman–Crippen LogP) is 3.16. The van der Waals surface area contributed by atoms with Crippen LogP contribution in [0.5, 0.6) is 0 Å². The van der Waals surface area contributed by atoms with Gasteiger partial charge >= 0.3 is 0 Å². The molecule has 0 saturated heterocycles. The predicted molar refractivity (Wildman–Crippen MR) is 129 cm³/mol. The number of carbonyl (C=O) groups excluding carboxylic acids is 2.